The van der Waals surface area contributed by atoms with E-state index in [1.165, 1.54) is 7.11 Å². The van der Waals surface area contributed by atoms with E-state index in [0.717, 1.165) is 67.1 Å². The summed E-state index contributed by atoms with van der Waals surface area (Å²) in [6.45, 7) is 3.60. The van der Waals surface area contributed by atoms with Gasteiger partial charge in [0.05, 0.1) is 18.5 Å². The molecule has 0 aliphatic carbocycles. The Balaban J connectivity index is 1.42. The average molecular weight is 463 g/mol. The lowest BCUT2D eigenvalue weighted by Gasteiger charge is -2.25. The van der Waals surface area contributed by atoms with E-state index < -0.39 is 0 Å². The van der Waals surface area contributed by atoms with Crippen LogP contribution in [0, 0.1) is 0 Å². The molecule has 1 atom stereocenters. The van der Waals surface area contributed by atoms with Crippen molar-refractivity contribution in [1.82, 2.24) is 14.9 Å². The number of carbonyl (C=O) groups is 1. The summed E-state index contributed by atoms with van der Waals surface area (Å²) in [5.74, 6) is 1.46. The molecule has 1 aliphatic heterocycles. The van der Waals surface area contributed by atoms with Gasteiger partial charge in [0.15, 0.2) is 0 Å². The molecule has 0 bridgehead atoms. The molecule has 2 aromatic carbocycles. The van der Waals surface area contributed by atoms with Crippen molar-refractivity contribution in [3.05, 3.63) is 59.5 Å². The Morgan fingerprint density at radius 1 is 1.21 bits per heavy atom. The van der Waals surface area contributed by atoms with E-state index in [-0.39, 0.29) is 12.1 Å². The first-order valence-electron chi connectivity index (χ1n) is 12.0. The number of imidazole rings is 1. The summed E-state index contributed by atoms with van der Waals surface area (Å²) in [7, 11) is 1.54. The molecule has 0 saturated heterocycles. The maximum Gasteiger partial charge on any atom is 0.251 e. The molecule has 34 heavy (non-hydrogen) atoms. The van der Waals surface area contributed by atoms with Crippen LogP contribution in [-0.2, 0) is 13.0 Å². The van der Waals surface area contributed by atoms with E-state index >= 15 is 0 Å². The number of benzene rings is 2. The molecule has 0 saturated carbocycles. The summed E-state index contributed by atoms with van der Waals surface area (Å²) in [4.78, 5) is 17.5. The lowest BCUT2D eigenvalue weighted by molar-refractivity contribution is 0.0952. The molecule has 8 nitrogen and oxygen atoms in total. The Bertz CT molecular complexity index is 1160. The van der Waals surface area contributed by atoms with Crippen LogP contribution in [0.4, 0.5) is 11.4 Å². The van der Waals surface area contributed by atoms with Gasteiger partial charge in [0, 0.05) is 36.3 Å². The number of amides is 1. The molecule has 4 rings (SSSR count). The van der Waals surface area contributed by atoms with Crippen LogP contribution in [0.1, 0.15) is 60.6 Å². The Morgan fingerprint density at radius 3 is 2.82 bits per heavy atom. The minimum absolute atomic E-state index is 0.132. The number of nitrogen functional groups attached to an aromatic ring is 1. The Labute approximate surface area is 200 Å². The van der Waals surface area contributed by atoms with E-state index in [1.54, 1.807) is 18.2 Å². The predicted octanol–water partition coefficient (Wildman–Crippen LogP) is 4.08. The number of rotatable bonds is 10. The van der Waals surface area contributed by atoms with Gasteiger partial charge >= 0.3 is 0 Å². The number of hydrogen-bond donors (Lipinski definition) is 4. The number of unbranched alkanes of at least 4 members (excludes halogenated alkanes) is 2. The number of ether oxygens (including phenoxy) is 1. The van der Waals surface area contributed by atoms with Crippen LogP contribution < -0.4 is 26.8 Å². The van der Waals surface area contributed by atoms with Gasteiger partial charge in [-0.2, -0.15) is 0 Å². The highest BCUT2D eigenvalue weighted by Gasteiger charge is 2.28. The number of nitrogens with zero attached hydrogens (tertiary/aromatic N) is 2. The number of methoxy groups -OCH3 is 1. The van der Waals surface area contributed by atoms with Crippen LogP contribution in [0.2, 0.25) is 0 Å². The number of fused-ring (bicyclic) bond motifs is 3. The Kier molecular flexibility index (Phi) is 7.37. The fraction of sp³-hybridized carbons (Fsp3) is 0.385. The van der Waals surface area contributed by atoms with E-state index in [0.29, 0.717) is 23.5 Å². The first-order chi connectivity index (χ1) is 16.5. The lowest BCUT2D eigenvalue weighted by Crippen LogP contribution is -2.25. The van der Waals surface area contributed by atoms with Gasteiger partial charge in [0.1, 0.15) is 23.4 Å². The summed E-state index contributed by atoms with van der Waals surface area (Å²) in [6, 6.07) is 13.3. The van der Waals surface area contributed by atoms with Gasteiger partial charge < -0.3 is 31.4 Å². The monoisotopic (exact) mass is 462 g/mol. The number of nitrogens with one attached hydrogen (secondary N) is 2. The zero-order valence-electron chi connectivity index (χ0n) is 19.9. The second kappa shape index (κ2) is 10.6. The summed E-state index contributed by atoms with van der Waals surface area (Å²) >= 11 is 0. The van der Waals surface area contributed by atoms with E-state index in [1.807, 2.05) is 12.1 Å². The third kappa shape index (κ3) is 4.87. The summed E-state index contributed by atoms with van der Waals surface area (Å²) < 4.78 is 7.54. The highest BCUT2D eigenvalue weighted by atomic mass is 16.5. The first kappa shape index (κ1) is 23.6. The number of nitrogens with two attached hydrogens (primary N) is 2. The SMILES string of the molecule is CCCCc1nc2c(n1CCCCNC(=O)c1ccc(N)c(OC)c1)-c1ccccc1NC2N. The van der Waals surface area contributed by atoms with Crippen molar-refractivity contribution in [2.24, 2.45) is 5.73 Å². The number of carbonyl (C=O) groups excluding carboxylic acids is 1. The van der Waals surface area contributed by atoms with Gasteiger partial charge in [-0.05, 0) is 43.5 Å². The van der Waals surface area contributed by atoms with Gasteiger partial charge in [-0.3, -0.25) is 4.79 Å². The zero-order valence-corrected chi connectivity index (χ0v) is 19.9. The maximum atomic E-state index is 12.5. The molecule has 1 aromatic heterocycles. The summed E-state index contributed by atoms with van der Waals surface area (Å²) in [6.07, 6.45) is 4.57. The number of hydrogen-bond acceptors (Lipinski definition) is 6. The number of aromatic nitrogens is 2. The first-order valence-corrected chi connectivity index (χ1v) is 12.0. The molecular weight excluding hydrogens is 428 g/mol. The van der Waals surface area contributed by atoms with Gasteiger partial charge in [0.2, 0.25) is 0 Å². The van der Waals surface area contributed by atoms with Crippen molar-refractivity contribution in [3.8, 4) is 17.0 Å². The average Bonchev–Trinajstić information content (AvgIpc) is 3.22. The fourth-order valence-electron chi connectivity index (χ4n) is 4.39. The lowest BCUT2D eigenvalue weighted by atomic mass is 10.0. The molecular formula is C26H34N6O2. The minimum atomic E-state index is -0.317. The molecule has 1 amide bonds. The fourth-order valence-corrected chi connectivity index (χ4v) is 4.39. The van der Waals surface area contributed by atoms with Crippen molar-refractivity contribution in [3.63, 3.8) is 0 Å². The topological polar surface area (TPSA) is 120 Å². The number of aryl methyl sites for hydroxylation is 1. The minimum Gasteiger partial charge on any atom is -0.495 e. The van der Waals surface area contributed by atoms with Crippen molar-refractivity contribution in [2.45, 2.75) is 51.7 Å². The molecule has 1 aliphatic rings. The third-order valence-corrected chi connectivity index (χ3v) is 6.21. The summed E-state index contributed by atoms with van der Waals surface area (Å²) in [5.41, 5.74) is 17.5. The van der Waals surface area contributed by atoms with Crippen LogP contribution in [0.25, 0.3) is 11.3 Å². The Hall–Kier alpha value is -3.52. The molecule has 0 spiro atoms. The number of anilines is 2. The molecule has 6 N–H and O–H groups in total. The largest absolute Gasteiger partial charge is 0.495 e. The summed E-state index contributed by atoms with van der Waals surface area (Å²) in [5, 5.41) is 6.36. The highest BCUT2D eigenvalue weighted by Crippen LogP contribution is 2.39. The van der Waals surface area contributed by atoms with Gasteiger partial charge in [0.25, 0.3) is 5.91 Å². The van der Waals surface area contributed by atoms with Crippen molar-refractivity contribution in [1.29, 1.82) is 0 Å². The third-order valence-electron chi connectivity index (χ3n) is 6.21. The van der Waals surface area contributed by atoms with Crippen LogP contribution in [-0.4, -0.2) is 29.1 Å². The highest BCUT2D eigenvalue weighted by molar-refractivity contribution is 5.95. The molecule has 0 fully saturated rings. The van der Waals surface area contributed by atoms with Gasteiger partial charge in [-0.15, -0.1) is 0 Å². The van der Waals surface area contributed by atoms with E-state index in [4.69, 9.17) is 21.2 Å². The van der Waals surface area contributed by atoms with Crippen molar-refractivity contribution in [2.75, 3.05) is 24.7 Å². The molecule has 3 aromatic rings. The predicted molar refractivity (Wildman–Crippen MR) is 136 cm³/mol. The van der Waals surface area contributed by atoms with Gasteiger partial charge in [-0.1, -0.05) is 31.5 Å². The van der Waals surface area contributed by atoms with E-state index in [2.05, 4.69) is 34.3 Å². The number of para-hydroxylation sites is 1. The second-order valence-electron chi connectivity index (χ2n) is 8.60. The zero-order chi connectivity index (χ0) is 24.1. The molecule has 180 valence electrons. The second-order valence-corrected chi connectivity index (χ2v) is 8.60. The van der Waals surface area contributed by atoms with Crippen LogP contribution in [0.15, 0.2) is 42.5 Å². The van der Waals surface area contributed by atoms with E-state index in [9.17, 15) is 4.79 Å². The van der Waals surface area contributed by atoms with Crippen LogP contribution >= 0.6 is 0 Å². The van der Waals surface area contributed by atoms with Crippen molar-refractivity contribution < 1.29 is 9.53 Å². The van der Waals surface area contributed by atoms with Crippen LogP contribution in [0.3, 0.4) is 0 Å². The molecule has 8 heteroatoms. The normalized spacial score (nSPS) is 14.1. The quantitative estimate of drug-likeness (QED) is 0.266. The molecule has 1 unspecified atom stereocenters. The molecule has 2 heterocycles. The maximum absolute atomic E-state index is 12.5. The molecule has 0 radical (unpaired) electrons. The Morgan fingerprint density at radius 2 is 2.03 bits per heavy atom. The standard InChI is InChI=1S/C26H34N6O2/c1-3-4-11-22-31-23-24(18-9-5-6-10-20(18)30-25(23)28)32(22)15-8-7-14-29-26(33)17-12-13-19(27)21(16-17)34-2/h5-6,9-10,12-13,16,25,30H,3-4,7-8,11,14-15,27-28H2,1-2H3,(H,29,33). The smallest absolute Gasteiger partial charge is 0.251 e. The van der Waals surface area contributed by atoms with Crippen LogP contribution in [0.5, 0.6) is 5.75 Å². The van der Waals surface area contributed by atoms with Gasteiger partial charge in [-0.25, -0.2) is 4.98 Å². The van der Waals surface area contributed by atoms with Crippen molar-refractivity contribution >= 4 is 17.3 Å².